The Morgan fingerprint density at radius 1 is 1.53 bits per heavy atom. The van der Waals surface area contributed by atoms with E-state index in [1.165, 1.54) is 0 Å². The standard InChI is InChI=1S/C14H20N2O2.ClH/c1-18-10-11-4-2-5-12(8-11)14(17)16-13-6-3-7-15-9-13;/h2,4-5,8,13,15H,3,6-7,9-10H2,1H3,(H,16,17);1H. The topological polar surface area (TPSA) is 50.4 Å². The van der Waals surface area contributed by atoms with Crippen molar-refractivity contribution < 1.29 is 9.53 Å². The van der Waals surface area contributed by atoms with Gasteiger partial charge in [-0.05, 0) is 37.1 Å². The lowest BCUT2D eigenvalue weighted by Gasteiger charge is -2.23. The molecular weight excluding hydrogens is 264 g/mol. The summed E-state index contributed by atoms with van der Waals surface area (Å²) >= 11 is 0. The number of ether oxygens (including phenoxy) is 1. The van der Waals surface area contributed by atoms with Crippen LogP contribution in [0.4, 0.5) is 0 Å². The van der Waals surface area contributed by atoms with E-state index >= 15 is 0 Å². The van der Waals surface area contributed by atoms with Crippen molar-refractivity contribution in [1.29, 1.82) is 0 Å². The molecule has 2 N–H and O–H groups in total. The van der Waals surface area contributed by atoms with Gasteiger partial charge in [0.2, 0.25) is 0 Å². The Labute approximate surface area is 120 Å². The second-order valence-corrected chi connectivity index (χ2v) is 4.65. The largest absolute Gasteiger partial charge is 0.380 e. The Bertz CT molecular complexity index is 406. The molecule has 0 radical (unpaired) electrons. The zero-order valence-electron chi connectivity index (χ0n) is 11.1. The molecule has 0 spiro atoms. The quantitative estimate of drug-likeness (QED) is 0.885. The Morgan fingerprint density at radius 2 is 2.37 bits per heavy atom. The molecule has 4 nitrogen and oxygen atoms in total. The maximum Gasteiger partial charge on any atom is 0.251 e. The number of amides is 1. The van der Waals surface area contributed by atoms with Crippen LogP contribution in [-0.4, -0.2) is 32.1 Å². The van der Waals surface area contributed by atoms with Crippen LogP contribution >= 0.6 is 12.4 Å². The molecule has 1 heterocycles. The van der Waals surface area contributed by atoms with Gasteiger partial charge in [-0.3, -0.25) is 4.79 Å². The van der Waals surface area contributed by atoms with Crippen LogP contribution in [0.1, 0.15) is 28.8 Å². The Morgan fingerprint density at radius 3 is 3.05 bits per heavy atom. The fraction of sp³-hybridized carbons (Fsp3) is 0.500. The summed E-state index contributed by atoms with van der Waals surface area (Å²) in [6, 6.07) is 7.82. The molecule has 1 saturated heterocycles. The van der Waals surface area contributed by atoms with Gasteiger partial charge < -0.3 is 15.4 Å². The van der Waals surface area contributed by atoms with Crippen molar-refractivity contribution in [2.45, 2.75) is 25.5 Å². The van der Waals surface area contributed by atoms with Crippen LogP contribution in [0.5, 0.6) is 0 Å². The lowest BCUT2D eigenvalue weighted by molar-refractivity contribution is 0.0930. The van der Waals surface area contributed by atoms with Gasteiger partial charge >= 0.3 is 0 Å². The normalized spacial score (nSPS) is 18.5. The number of halogens is 1. The molecule has 5 heteroatoms. The van der Waals surface area contributed by atoms with Crippen LogP contribution in [0.2, 0.25) is 0 Å². The van der Waals surface area contributed by atoms with E-state index in [-0.39, 0.29) is 24.4 Å². The van der Waals surface area contributed by atoms with Crippen molar-refractivity contribution in [1.82, 2.24) is 10.6 Å². The highest BCUT2D eigenvalue weighted by Gasteiger charge is 2.16. The monoisotopic (exact) mass is 284 g/mol. The zero-order chi connectivity index (χ0) is 12.8. The maximum atomic E-state index is 12.1. The number of piperidine rings is 1. The molecule has 1 fully saturated rings. The molecule has 1 aliphatic rings. The van der Waals surface area contributed by atoms with Crippen LogP contribution in [0.15, 0.2) is 24.3 Å². The van der Waals surface area contributed by atoms with Gasteiger partial charge in [0.15, 0.2) is 0 Å². The smallest absolute Gasteiger partial charge is 0.251 e. The lowest BCUT2D eigenvalue weighted by atomic mass is 10.1. The summed E-state index contributed by atoms with van der Waals surface area (Å²) in [7, 11) is 1.65. The minimum Gasteiger partial charge on any atom is -0.380 e. The summed E-state index contributed by atoms with van der Waals surface area (Å²) in [5.74, 6) is 0.00153. The van der Waals surface area contributed by atoms with Gasteiger partial charge in [0.05, 0.1) is 6.61 Å². The summed E-state index contributed by atoms with van der Waals surface area (Å²) in [6.07, 6.45) is 2.17. The maximum absolute atomic E-state index is 12.1. The van der Waals surface area contributed by atoms with E-state index < -0.39 is 0 Å². The molecule has 1 aromatic carbocycles. The molecule has 1 atom stereocenters. The number of rotatable bonds is 4. The van der Waals surface area contributed by atoms with Gasteiger partial charge in [-0.2, -0.15) is 0 Å². The van der Waals surface area contributed by atoms with Crippen molar-refractivity contribution >= 4 is 18.3 Å². The summed E-state index contributed by atoms with van der Waals surface area (Å²) in [5.41, 5.74) is 1.72. The number of benzene rings is 1. The van der Waals surface area contributed by atoms with Gasteiger partial charge in [0.1, 0.15) is 0 Å². The van der Waals surface area contributed by atoms with Crippen LogP contribution in [0.25, 0.3) is 0 Å². The minimum atomic E-state index is 0. The third-order valence-electron chi connectivity index (χ3n) is 3.13. The molecule has 1 aliphatic heterocycles. The van der Waals surface area contributed by atoms with E-state index in [9.17, 15) is 4.79 Å². The highest BCUT2D eigenvalue weighted by molar-refractivity contribution is 5.94. The molecule has 0 aliphatic carbocycles. The van der Waals surface area contributed by atoms with E-state index in [4.69, 9.17) is 4.74 Å². The van der Waals surface area contributed by atoms with Crippen LogP contribution in [0, 0.1) is 0 Å². The summed E-state index contributed by atoms with van der Waals surface area (Å²) in [5, 5.41) is 6.35. The molecule has 0 saturated carbocycles. The highest BCUT2D eigenvalue weighted by Crippen LogP contribution is 2.08. The fourth-order valence-corrected chi connectivity index (χ4v) is 2.21. The van der Waals surface area contributed by atoms with Crippen molar-refractivity contribution in [3.63, 3.8) is 0 Å². The second-order valence-electron chi connectivity index (χ2n) is 4.65. The van der Waals surface area contributed by atoms with E-state index in [2.05, 4.69) is 10.6 Å². The van der Waals surface area contributed by atoms with Gasteiger partial charge in [0.25, 0.3) is 5.91 Å². The number of methoxy groups -OCH3 is 1. The van der Waals surface area contributed by atoms with Crippen molar-refractivity contribution in [3.8, 4) is 0 Å². The SMILES string of the molecule is COCc1cccc(C(=O)NC2CCCNC2)c1.Cl. The lowest BCUT2D eigenvalue weighted by Crippen LogP contribution is -2.45. The molecule has 0 aromatic heterocycles. The summed E-state index contributed by atoms with van der Waals surface area (Å²) in [6.45, 7) is 2.45. The predicted molar refractivity (Wildman–Crippen MR) is 77.8 cm³/mol. The van der Waals surface area contributed by atoms with Gasteiger partial charge in [-0.1, -0.05) is 12.1 Å². The van der Waals surface area contributed by atoms with Gasteiger partial charge in [0, 0.05) is 25.3 Å². The van der Waals surface area contributed by atoms with Crippen LogP contribution in [0.3, 0.4) is 0 Å². The van der Waals surface area contributed by atoms with Crippen molar-refractivity contribution in [2.75, 3.05) is 20.2 Å². The fourth-order valence-electron chi connectivity index (χ4n) is 2.21. The molecule has 1 unspecified atom stereocenters. The molecule has 1 amide bonds. The first kappa shape index (κ1) is 16.0. The van der Waals surface area contributed by atoms with E-state index in [1.54, 1.807) is 7.11 Å². The first-order chi connectivity index (χ1) is 8.79. The van der Waals surface area contributed by atoms with Crippen LogP contribution < -0.4 is 10.6 Å². The number of hydrogen-bond acceptors (Lipinski definition) is 3. The highest BCUT2D eigenvalue weighted by atomic mass is 35.5. The Balaban J connectivity index is 0.00000180. The molecule has 2 rings (SSSR count). The Hall–Kier alpha value is -1.10. The van der Waals surface area contributed by atoms with E-state index in [0.29, 0.717) is 12.2 Å². The summed E-state index contributed by atoms with van der Waals surface area (Å²) < 4.78 is 5.07. The molecule has 1 aromatic rings. The Kier molecular flexibility index (Phi) is 6.84. The number of carbonyl (C=O) groups is 1. The average molecular weight is 285 g/mol. The number of carbonyl (C=O) groups excluding carboxylic acids is 1. The third kappa shape index (κ3) is 4.82. The third-order valence-corrected chi connectivity index (χ3v) is 3.13. The molecule has 0 bridgehead atoms. The average Bonchev–Trinajstić information content (AvgIpc) is 2.40. The molecule has 106 valence electrons. The molecular formula is C14H21ClN2O2. The van der Waals surface area contributed by atoms with Gasteiger partial charge in [-0.15, -0.1) is 12.4 Å². The van der Waals surface area contributed by atoms with Crippen LogP contribution in [-0.2, 0) is 11.3 Å². The first-order valence-corrected chi connectivity index (χ1v) is 6.39. The number of hydrogen-bond donors (Lipinski definition) is 2. The van der Waals surface area contributed by atoms with E-state index in [0.717, 1.165) is 31.5 Å². The van der Waals surface area contributed by atoms with Crippen molar-refractivity contribution in [2.24, 2.45) is 0 Å². The predicted octanol–water partition coefficient (Wildman–Crippen LogP) is 1.74. The summed E-state index contributed by atoms with van der Waals surface area (Å²) in [4.78, 5) is 12.1. The minimum absolute atomic E-state index is 0. The number of nitrogens with one attached hydrogen (secondary N) is 2. The van der Waals surface area contributed by atoms with E-state index in [1.807, 2.05) is 24.3 Å². The second kappa shape index (κ2) is 8.15. The van der Waals surface area contributed by atoms with Crippen molar-refractivity contribution in [3.05, 3.63) is 35.4 Å². The van der Waals surface area contributed by atoms with Gasteiger partial charge in [-0.25, -0.2) is 0 Å². The first-order valence-electron chi connectivity index (χ1n) is 6.39. The zero-order valence-corrected chi connectivity index (χ0v) is 12.0. The molecule has 19 heavy (non-hydrogen) atoms.